The summed E-state index contributed by atoms with van der Waals surface area (Å²) in [6, 6.07) is 11.7. The van der Waals surface area contributed by atoms with E-state index in [0.29, 0.717) is 11.5 Å². The van der Waals surface area contributed by atoms with Crippen LogP contribution in [0.5, 0.6) is 5.75 Å². The van der Waals surface area contributed by atoms with E-state index in [1.807, 2.05) is 55.6 Å². The van der Waals surface area contributed by atoms with Gasteiger partial charge in [-0.3, -0.25) is 4.79 Å². The Morgan fingerprint density at radius 3 is 2.96 bits per heavy atom. The Labute approximate surface area is 149 Å². The van der Waals surface area contributed by atoms with E-state index >= 15 is 0 Å². The smallest absolute Gasteiger partial charge is 0.263 e. The number of aromatic nitrogens is 1. The molecule has 0 saturated carbocycles. The van der Waals surface area contributed by atoms with Crippen molar-refractivity contribution < 1.29 is 9.53 Å². The normalized spacial score (nSPS) is 11.9. The standard InChI is InChI=1S/C18H18N2O2S2/c1-3-22-14-7-4-6-13(10-14)12(2)20-17(21)16-11-19-18(24-16)15-8-5-9-23-15/h4-12H,3H2,1-2H3,(H,20,21). The molecule has 3 rings (SSSR count). The number of ether oxygens (including phenoxy) is 1. The number of carbonyl (C=O) groups excluding carboxylic acids is 1. The number of hydrogen-bond acceptors (Lipinski definition) is 5. The fourth-order valence-corrected chi connectivity index (χ4v) is 3.91. The van der Waals surface area contributed by atoms with Crippen LogP contribution in [0.2, 0.25) is 0 Å². The second-order valence-electron chi connectivity index (χ2n) is 5.21. The highest BCUT2D eigenvalue weighted by Crippen LogP contribution is 2.29. The summed E-state index contributed by atoms with van der Waals surface area (Å²) in [5, 5.41) is 5.90. The topological polar surface area (TPSA) is 51.2 Å². The van der Waals surface area contributed by atoms with Gasteiger partial charge in [-0.25, -0.2) is 4.98 Å². The molecule has 1 aromatic carbocycles. The number of thiophene rings is 1. The average molecular weight is 358 g/mol. The molecular formula is C18H18N2O2S2. The van der Waals surface area contributed by atoms with Crippen molar-refractivity contribution in [3.8, 4) is 15.6 Å². The lowest BCUT2D eigenvalue weighted by Crippen LogP contribution is -2.25. The van der Waals surface area contributed by atoms with E-state index in [1.54, 1.807) is 17.5 Å². The first-order valence-corrected chi connectivity index (χ1v) is 9.40. The van der Waals surface area contributed by atoms with Gasteiger partial charge in [0.1, 0.15) is 15.6 Å². The van der Waals surface area contributed by atoms with Gasteiger partial charge in [-0.05, 0) is 43.0 Å². The van der Waals surface area contributed by atoms with Crippen LogP contribution in [0.1, 0.15) is 35.1 Å². The summed E-state index contributed by atoms with van der Waals surface area (Å²) in [6.45, 7) is 4.54. The second-order valence-corrected chi connectivity index (χ2v) is 7.19. The number of carbonyl (C=O) groups is 1. The Hall–Kier alpha value is -2.18. The number of nitrogens with zero attached hydrogens (tertiary/aromatic N) is 1. The van der Waals surface area contributed by atoms with Crippen LogP contribution in [0.4, 0.5) is 0 Å². The lowest BCUT2D eigenvalue weighted by Gasteiger charge is -2.14. The van der Waals surface area contributed by atoms with E-state index in [-0.39, 0.29) is 11.9 Å². The van der Waals surface area contributed by atoms with E-state index in [1.165, 1.54) is 11.3 Å². The molecule has 3 aromatic rings. The van der Waals surface area contributed by atoms with Gasteiger partial charge in [-0.2, -0.15) is 0 Å². The third-order valence-electron chi connectivity index (χ3n) is 3.48. The van der Waals surface area contributed by atoms with Gasteiger partial charge in [-0.1, -0.05) is 18.2 Å². The molecule has 2 aromatic heterocycles. The van der Waals surface area contributed by atoms with Crippen molar-refractivity contribution in [3.63, 3.8) is 0 Å². The molecule has 6 heteroatoms. The molecule has 124 valence electrons. The van der Waals surface area contributed by atoms with E-state index in [0.717, 1.165) is 21.2 Å². The Morgan fingerprint density at radius 2 is 2.21 bits per heavy atom. The van der Waals surface area contributed by atoms with Crippen LogP contribution in [-0.4, -0.2) is 17.5 Å². The molecule has 0 saturated heterocycles. The highest BCUT2D eigenvalue weighted by Gasteiger charge is 2.15. The number of benzene rings is 1. The van der Waals surface area contributed by atoms with Gasteiger partial charge in [0.05, 0.1) is 23.7 Å². The van der Waals surface area contributed by atoms with Crippen molar-refractivity contribution in [1.29, 1.82) is 0 Å². The lowest BCUT2D eigenvalue weighted by molar-refractivity contribution is 0.0943. The van der Waals surface area contributed by atoms with Crippen LogP contribution in [0, 0.1) is 0 Å². The Bertz CT molecular complexity index is 812. The van der Waals surface area contributed by atoms with E-state index in [9.17, 15) is 4.79 Å². The molecule has 2 heterocycles. The SMILES string of the molecule is CCOc1cccc(C(C)NC(=O)c2cnc(-c3cccs3)s2)c1. The molecular weight excluding hydrogens is 340 g/mol. The Morgan fingerprint density at radius 1 is 1.33 bits per heavy atom. The molecule has 0 aliphatic carbocycles. The number of rotatable bonds is 6. The minimum Gasteiger partial charge on any atom is -0.494 e. The third-order valence-corrected chi connectivity index (χ3v) is 5.51. The second kappa shape index (κ2) is 7.59. The molecule has 0 aliphatic rings. The summed E-state index contributed by atoms with van der Waals surface area (Å²) in [6.07, 6.45) is 1.64. The summed E-state index contributed by atoms with van der Waals surface area (Å²) < 4.78 is 5.51. The first-order chi connectivity index (χ1) is 11.7. The van der Waals surface area contributed by atoms with Crippen molar-refractivity contribution in [2.75, 3.05) is 6.61 Å². The summed E-state index contributed by atoms with van der Waals surface area (Å²) in [7, 11) is 0. The predicted molar refractivity (Wildman–Crippen MR) is 98.9 cm³/mol. The Balaban J connectivity index is 1.69. The summed E-state index contributed by atoms with van der Waals surface area (Å²) >= 11 is 3.03. The van der Waals surface area contributed by atoms with E-state index in [4.69, 9.17) is 4.74 Å². The molecule has 24 heavy (non-hydrogen) atoms. The minimum absolute atomic E-state index is 0.106. The molecule has 0 fully saturated rings. The van der Waals surface area contributed by atoms with Gasteiger partial charge < -0.3 is 10.1 Å². The zero-order valence-electron chi connectivity index (χ0n) is 13.5. The van der Waals surface area contributed by atoms with Crippen molar-refractivity contribution >= 4 is 28.6 Å². The monoisotopic (exact) mass is 358 g/mol. The summed E-state index contributed by atoms with van der Waals surface area (Å²) in [4.78, 5) is 18.5. The summed E-state index contributed by atoms with van der Waals surface area (Å²) in [5.74, 6) is 0.707. The van der Waals surface area contributed by atoms with Crippen LogP contribution in [0.15, 0.2) is 48.0 Å². The van der Waals surface area contributed by atoms with Gasteiger partial charge >= 0.3 is 0 Å². The van der Waals surface area contributed by atoms with E-state index in [2.05, 4.69) is 10.3 Å². The van der Waals surface area contributed by atoms with Crippen LogP contribution in [-0.2, 0) is 0 Å². The van der Waals surface area contributed by atoms with Crippen LogP contribution >= 0.6 is 22.7 Å². The van der Waals surface area contributed by atoms with Crippen molar-refractivity contribution in [1.82, 2.24) is 10.3 Å². The molecule has 0 bridgehead atoms. The summed E-state index contributed by atoms with van der Waals surface area (Å²) in [5.41, 5.74) is 1.01. The molecule has 0 spiro atoms. The molecule has 1 N–H and O–H groups in total. The van der Waals surface area contributed by atoms with Crippen LogP contribution < -0.4 is 10.1 Å². The quantitative estimate of drug-likeness (QED) is 0.691. The average Bonchev–Trinajstić information content (AvgIpc) is 3.26. The van der Waals surface area contributed by atoms with Gasteiger partial charge in [0.2, 0.25) is 0 Å². The van der Waals surface area contributed by atoms with Gasteiger partial charge in [0.15, 0.2) is 0 Å². The molecule has 0 aliphatic heterocycles. The molecule has 1 unspecified atom stereocenters. The van der Waals surface area contributed by atoms with E-state index < -0.39 is 0 Å². The van der Waals surface area contributed by atoms with Gasteiger partial charge in [0.25, 0.3) is 5.91 Å². The zero-order chi connectivity index (χ0) is 16.9. The maximum absolute atomic E-state index is 12.5. The number of nitrogens with one attached hydrogen (secondary N) is 1. The minimum atomic E-state index is -0.107. The molecule has 0 radical (unpaired) electrons. The molecule has 1 atom stereocenters. The van der Waals surface area contributed by atoms with Crippen molar-refractivity contribution in [2.45, 2.75) is 19.9 Å². The van der Waals surface area contributed by atoms with Crippen LogP contribution in [0.25, 0.3) is 9.88 Å². The maximum Gasteiger partial charge on any atom is 0.263 e. The van der Waals surface area contributed by atoms with Gasteiger partial charge in [-0.15, -0.1) is 22.7 Å². The number of thiazole rings is 1. The highest BCUT2D eigenvalue weighted by molar-refractivity contribution is 7.21. The first kappa shape index (κ1) is 16.7. The molecule has 1 amide bonds. The van der Waals surface area contributed by atoms with Crippen molar-refractivity contribution in [3.05, 3.63) is 58.4 Å². The third kappa shape index (κ3) is 3.83. The zero-order valence-corrected chi connectivity index (χ0v) is 15.1. The Kier molecular flexibility index (Phi) is 5.27. The fraction of sp³-hybridized carbons (Fsp3) is 0.222. The number of hydrogen-bond donors (Lipinski definition) is 1. The van der Waals surface area contributed by atoms with Gasteiger partial charge in [0, 0.05) is 0 Å². The highest BCUT2D eigenvalue weighted by atomic mass is 32.1. The fourth-order valence-electron chi connectivity index (χ4n) is 2.28. The van der Waals surface area contributed by atoms with Crippen molar-refractivity contribution in [2.24, 2.45) is 0 Å². The maximum atomic E-state index is 12.5. The first-order valence-electron chi connectivity index (χ1n) is 7.70. The number of amides is 1. The van der Waals surface area contributed by atoms with Crippen LogP contribution in [0.3, 0.4) is 0 Å². The largest absolute Gasteiger partial charge is 0.494 e. The molecule has 4 nitrogen and oxygen atoms in total. The lowest BCUT2D eigenvalue weighted by atomic mass is 10.1. The predicted octanol–water partition coefficient (Wildman–Crippen LogP) is 4.76.